The van der Waals surface area contributed by atoms with Gasteiger partial charge in [-0.15, -0.1) is 0 Å². The van der Waals surface area contributed by atoms with Crippen LogP contribution in [0.5, 0.6) is 0 Å². The first-order chi connectivity index (χ1) is 19.0. The lowest BCUT2D eigenvalue weighted by molar-refractivity contribution is -0.143. The molecule has 0 radical (unpaired) electrons. The molecule has 0 bridgehead atoms. The number of azide groups is 1. The highest BCUT2D eigenvalue weighted by Crippen LogP contribution is 2.36. The van der Waals surface area contributed by atoms with Gasteiger partial charge in [-0.3, -0.25) is 19.3 Å². The van der Waals surface area contributed by atoms with E-state index < -0.39 is 23.7 Å². The fourth-order valence-corrected chi connectivity index (χ4v) is 7.04. The first-order valence-electron chi connectivity index (χ1n) is 14.4. The molecule has 39 heavy (non-hydrogen) atoms. The smallest absolute Gasteiger partial charge is 0.252 e. The summed E-state index contributed by atoms with van der Waals surface area (Å²) < 4.78 is 5.59. The standard InChI is InChI=1S/C28H37N7O4/c29-32-31-22-17-35(24-23(36)18-39-25(22)24)27(38)28(11-2-1-3-12-28)30-26(37)19-7-9-21(10-8-19)34-15-13-33(14-16-34)20-5-4-6-20/h7-10,20,22,24-25H,1-6,11-18H2,(H,30,37)/t22-,24+,25+/m0/s1. The van der Waals surface area contributed by atoms with E-state index in [0.717, 1.165) is 57.2 Å². The van der Waals surface area contributed by atoms with E-state index in [1.165, 1.54) is 24.2 Å². The Morgan fingerprint density at radius 1 is 1.03 bits per heavy atom. The Kier molecular flexibility index (Phi) is 7.22. The van der Waals surface area contributed by atoms with Crippen LogP contribution in [0.25, 0.3) is 10.4 Å². The first kappa shape index (κ1) is 26.1. The van der Waals surface area contributed by atoms with Gasteiger partial charge in [0.05, 0.1) is 12.1 Å². The van der Waals surface area contributed by atoms with Gasteiger partial charge in [0.15, 0.2) is 5.78 Å². The molecule has 3 heterocycles. The number of amides is 2. The largest absolute Gasteiger partial charge is 0.369 e. The van der Waals surface area contributed by atoms with Crippen LogP contribution in [0, 0.1) is 0 Å². The van der Waals surface area contributed by atoms with Crippen molar-refractivity contribution in [3.63, 3.8) is 0 Å². The van der Waals surface area contributed by atoms with E-state index in [0.29, 0.717) is 18.4 Å². The maximum absolute atomic E-state index is 14.0. The summed E-state index contributed by atoms with van der Waals surface area (Å²) in [5.41, 5.74) is 9.51. The van der Waals surface area contributed by atoms with Crippen molar-refractivity contribution in [3.8, 4) is 0 Å². The predicted octanol–water partition coefficient (Wildman–Crippen LogP) is 2.65. The van der Waals surface area contributed by atoms with Gasteiger partial charge in [0, 0.05) is 54.9 Å². The number of carbonyl (C=O) groups excluding carboxylic acids is 3. The maximum atomic E-state index is 14.0. The minimum atomic E-state index is -1.09. The Labute approximate surface area is 228 Å². The molecule has 2 amide bonds. The molecule has 1 aromatic carbocycles. The molecule has 11 heteroatoms. The summed E-state index contributed by atoms with van der Waals surface area (Å²) in [6, 6.07) is 7.04. The van der Waals surface area contributed by atoms with Crippen molar-refractivity contribution in [2.75, 3.05) is 44.2 Å². The topological polar surface area (TPSA) is 131 Å². The Balaban J connectivity index is 1.15. The third-order valence-corrected chi connectivity index (χ3v) is 9.49. The van der Waals surface area contributed by atoms with E-state index >= 15 is 0 Å². The van der Waals surface area contributed by atoms with Crippen LogP contribution in [0.3, 0.4) is 0 Å². The molecule has 3 aliphatic heterocycles. The first-order valence-corrected chi connectivity index (χ1v) is 14.4. The SMILES string of the molecule is [N-]=[N+]=N[C@H]1CN(C(=O)C2(NC(=O)c3ccc(N4CCN(C5CCC5)CC4)cc3)CCCCC2)[C@@H]2C(=O)CO[C@H]12. The van der Waals surface area contributed by atoms with Crippen molar-refractivity contribution < 1.29 is 19.1 Å². The summed E-state index contributed by atoms with van der Waals surface area (Å²) in [6.45, 7) is 4.13. The molecule has 5 aliphatic rings. The average molecular weight is 536 g/mol. The lowest BCUT2D eigenvalue weighted by atomic mass is 9.80. The summed E-state index contributed by atoms with van der Waals surface area (Å²) in [4.78, 5) is 49.5. The summed E-state index contributed by atoms with van der Waals surface area (Å²) in [5, 5.41) is 6.88. The Bertz CT molecular complexity index is 1150. The fraction of sp³-hybridized carbons (Fsp3) is 0.679. The van der Waals surface area contributed by atoms with Gasteiger partial charge in [0.1, 0.15) is 18.2 Å². The van der Waals surface area contributed by atoms with E-state index in [1.54, 1.807) is 0 Å². The summed E-state index contributed by atoms with van der Waals surface area (Å²) in [5.74, 6) is -0.755. The van der Waals surface area contributed by atoms with Crippen molar-refractivity contribution in [3.05, 3.63) is 40.3 Å². The van der Waals surface area contributed by atoms with Crippen LogP contribution in [-0.4, -0.2) is 96.5 Å². The van der Waals surface area contributed by atoms with Crippen molar-refractivity contribution in [1.29, 1.82) is 0 Å². The Morgan fingerprint density at radius 3 is 2.38 bits per heavy atom. The average Bonchev–Trinajstić information content (AvgIpc) is 3.49. The monoisotopic (exact) mass is 535 g/mol. The second-order valence-electron chi connectivity index (χ2n) is 11.7. The molecular weight excluding hydrogens is 498 g/mol. The van der Waals surface area contributed by atoms with E-state index in [4.69, 9.17) is 10.3 Å². The molecule has 3 atom stereocenters. The number of ketones is 1. The normalized spacial score (nSPS) is 28.9. The molecule has 3 saturated heterocycles. The van der Waals surface area contributed by atoms with Gasteiger partial charge < -0.3 is 19.9 Å². The highest BCUT2D eigenvalue weighted by molar-refractivity contribution is 6.01. The molecule has 11 nitrogen and oxygen atoms in total. The molecule has 2 aliphatic carbocycles. The van der Waals surface area contributed by atoms with Gasteiger partial charge in [-0.05, 0) is 55.5 Å². The van der Waals surface area contributed by atoms with Crippen molar-refractivity contribution in [2.45, 2.75) is 81.1 Å². The Morgan fingerprint density at radius 2 is 1.74 bits per heavy atom. The van der Waals surface area contributed by atoms with Crippen molar-refractivity contribution in [2.24, 2.45) is 5.11 Å². The number of hydrogen-bond donors (Lipinski definition) is 1. The Hall–Kier alpha value is -3.14. The molecule has 1 aromatic rings. The van der Waals surface area contributed by atoms with E-state index in [9.17, 15) is 14.4 Å². The van der Waals surface area contributed by atoms with Crippen molar-refractivity contribution in [1.82, 2.24) is 15.1 Å². The van der Waals surface area contributed by atoms with Crippen LogP contribution in [0.4, 0.5) is 5.69 Å². The zero-order valence-corrected chi connectivity index (χ0v) is 22.3. The minimum absolute atomic E-state index is 0.0993. The summed E-state index contributed by atoms with van der Waals surface area (Å²) >= 11 is 0. The highest BCUT2D eigenvalue weighted by Gasteiger charge is 2.56. The van der Waals surface area contributed by atoms with E-state index in [2.05, 4.69) is 25.1 Å². The second-order valence-corrected chi connectivity index (χ2v) is 11.7. The number of nitrogens with zero attached hydrogens (tertiary/aromatic N) is 6. The number of Topliss-reactive ketones (excluding diaryl/α,β-unsaturated/α-hetero) is 1. The van der Waals surface area contributed by atoms with Crippen LogP contribution >= 0.6 is 0 Å². The van der Waals surface area contributed by atoms with Crippen molar-refractivity contribution >= 4 is 23.3 Å². The second kappa shape index (κ2) is 10.8. The van der Waals surface area contributed by atoms with Crippen LogP contribution in [0.15, 0.2) is 29.4 Å². The molecule has 0 aromatic heterocycles. The maximum Gasteiger partial charge on any atom is 0.252 e. The number of fused-ring (bicyclic) bond motifs is 1. The van der Waals surface area contributed by atoms with Gasteiger partial charge in [-0.2, -0.15) is 0 Å². The minimum Gasteiger partial charge on any atom is -0.369 e. The number of carbonyl (C=O) groups is 3. The molecule has 0 unspecified atom stereocenters. The number of benzene rings is 1. The van der Waals surface area contributed by atoms with Crippen LogP contribution in [0.1, 0.15) is 61.7 Å². The molecule has 5 fully saturated rings. The number of likely N-dealkylation sites (tertiary alicyclic amines) is 1. The van der Waals surface area contributed by atoms with Crippen LogP contribution in [0.2, 0.25) is 0 Å². The van der Waals surface area contributed by atoms with Gasteiger partial charge in [0.2, 0.25) is 5.91 Å². The van der Waals surface area contributed by atoms with Gasteiger partial charge >= 0.3 is 0 Å². The molecule has 2 saturated carbocycles. The zero-order chi connectivity index (χ0) is 27.0. The van der Waals surface area contributed by atoms with Gasteiger partial charge in [-0.1, -0.05) is 30.8 Å². The number of rotatable bonds is 6. The van der Waals surface area contributed by atoms with E-state index in [1.807, 2.05) is 24.3 Å². The zero-order valence-electron chi connectivity index (χ0n) is 22.3. The van der Waals surface area contributed by atoms with Crippen LogP contribution < -0.4 is 10.2 Å². The summed E-state index contributed by atoms with van der Waals surface area (Å²) in [7, 11) is 0. The third-order valence-electron chi connectivity index (χ3n) is 9.49. The van der Waals surface area contributed by atoms with Crippen LogP contribution in [-0.2, 0) is 14.3 Å². The lowest BCUT2D eigenvalue weighted by Gasteiger charge is -2.43. The van der Waals surface area contributed by atoms with Gasteiger partial charge in [-0.25, -0.2) is 0 Å². The highest BCUT2D eigenvalue weighted by atomic mass is 16.5. The third kappa shape index (κ3) is 4.88. The summed E-state index contributed by atoms with van der Waals surface area (Å²) in [6.07, 6.45) is 7.00. The number of piperazine rings is 1. The molecule has 208 valence electrons. The number of anilines is 1. The predicted molar refractivity (Wildman–Crippen MR) is 144 cm³/mol. The lowest BCUT2D eigenvalue weighted by Crippen LogP contribution is -2.62. The fourth-order valence-electron chi connectivity index (χ4n) is 7.04. The number of ether oxygens (including phenoxy) is 1. The molecular formula is C28H37N7O4. The van der Waals surface area contributed by atoms with E-state index in [-0.39, 0.29) is 30.7 Å². The number of hydrogen-bond acceptors (Lipinski definition) is 7. The molecule has 6 rings (SSSR count). The molecule has 0 spiro atoms. The molecule has 1 N–H and O–H groups in total. The van der Waals surface area contributed by atoms with Gasteiger partial charge in [0.25, 0.3) is 5.91 Å². The quantitative estimate of drug-likeness (QED) is 0.339. The number of nitrogens with one attached hydrogen (secondary N) is 1.